The van der Waals surface area contributed by atoms with Crippen LogP contribution < -0.4 is 5.32 Å². The van der Waals surface area contributed by atoms with Gasteiger partial charge in [0.1, 0.15) is 22.6 Å². The molecule has 1 N–H and O–H groups in total. The highest BCUT2D eigenvalue weighted by molar-refractivity contribution is 7.09. The van der Waals surface area contributed by atoms with Crippen LogP contribution in [0.15, 0.2) is 58.5 Å². The van der Waals surface area contributed by atoms with Crippen LogP contribution >= 0.6 is 11.3 Å². The van der Waals surface area contributed by atoms with E-state index in [9.17, 15) is 4.79 Å². The average molecular weight is 422 g/mol. The fourth-order valence-electron chi connectivity index (χ4n) is 4.05. The fraction of sp³-hybridized carbons (Fsp3) is 0.417. The van der Waals surface area contributed by atoms with Crippen LogP contribution in [0.25, 0.3) is 0 Å². The number of aromatic nitrogens is 1. The lowest BCUT2D eigenvalue weighted by Gasteiger charge is -2.23. The molecule has 2 aromatic heterocycles. The molecule has 2 saturated carbocycles. The summed E-state index contributed by atoms with van der Waals surface area (Å²) in [7, 11) is 0. The maximum atomic E-state index is 13.0. The van der Waals surface area contributed by atoms with Gasteiger partial charge in [-0.3, -0.25) is 9.69 Å². The largest absolute Gasteiger partial charge is 0.464 e. The third-order valence-corrected chi connectivity index (χ3v) is 6.90. The smallest absolute Gasteiger partial charge is 0.235 e. The summed E-state index contributed by atoms with van der Waals surface area (Å²) in [6.07, 6.45) is 5.30. The monoisotopic (exact) mass is 421 g/mol. The van der Waals surface area contributed by atoms with E-state index in [0.717, 1.165) is 40.9 Å². The Morgan fingerprint density at radius 3 is 2.73 bits per heavy atom. The maximum absolute atomic E-state index is 13.0. The van der Waals surface area contributed by atoms with Gasteiger partial charge in [-0.05, 0) is 42.9 Å². The van der Waals surface area contributed by atoms with Crippen LogP contribution in [-0.2, 0) is 11.3 Å². The van der Waals surface area contributed by atoms with Crippen molar-refractivity contribution in [2.24, 2.45) is 5.92 Å². The Hall–Kier alpha value is -2.44. The molecule has 2 fully saturated rings. The van der Waals surface area contributed by atoms with Gasteiger partial charge in [0.2, 0.25) is 5.91 Å². The van der Waals surface area contributed by atoms with Gasteiger partial charge in [0, 0.05) is 23.5 Å². The first-order valence-corrected chi connectivity index (χ1v) is 11.6. The molecule has 1 aromatic carbocycles. The molecule has 3 aromatic rings. The molecule has 0 spiro atoms. The highest BCUT2D eigenvalue weighted by atomic mass is 32.1. The van der Waals surface area contributed by atoms with E-state index < -0.39 is 0 Å². The van der Waals surface area contributed by atoms with E-state index in [1.807, 2.05) is 35.7 Å². The number of nitrogens with zero attached hydrogens (tertiary/aromatic N) is 2. The summed E-state index contributed by atoms with van der Waals surface area (Å²) in [6, 6.07) is 14.5. The normalized spacial score (nSPS) is 21.5. The van der Waals surface area contributed by atoms with Gasteiger partial charge in [0.15, 0.2) is 0 Å². The first-order chi connectivity index (χ1) is 14.7. The zero-order chi connectivity index (χ0) is 20.5. The number of benzene rings is 1. The Morgan fingerprint density at radius 1 is 1.27 bits per heavy atom. The molecule has 3 atom stereocenters. The van der Waals surface area contributed by atoms with Gasteiger partial charge in [0.05, 0.1) is 13.1 Å². The molecule has 5 nitrogen and oxygen atoms in total. The van der Waals surface area contributed by atoms with E-state index in [1.54, 1.807) is 17.5 Å². The summed E-state index contributed by atoms with van der Waals surface area (Å²) in [4.78, 5) is 19.7. The number of nitrogens with one attached hydrogen (secondary N) is 1. The lowest BCUT2D eigenvalue weighted by molar-refractivity contribution is -0.123. The van der Waals surface area contributed by atoms with E-state index in [4.69, 9.17) is 4.42 Å². The zero-order valence-corrected chi connectivity index (χ0v) is 18.0. The van der Waals surface area contributed by atoms with Gasteiger partial charge in [0.25, 0.3) is 0 Å². The molecule has 0 saturated heterocycles. The van der Waals surface area contributed by atoms with Crippen molar-refractivity contribution in [2.75, 3.05) is 6.54 Å². The minimum atomic E-state index is -0.216. The summed E-state index contributed by atoms with van der Waals surface area (Å²) in [5, 5.41) is 6.06. The number of hydrogen-bond acceptors (Lipinski definition) is 5. The topological polar surface area (TPSA) is 58.4 Å². The first kappa shape index (κ1) is 19.5. The summed E-state index contributed by atoms with van der Waals surface area (Å²) < 4.78 is 6.10. The van der Waals surface area contributed by atoms with Crippen molar-refractivity contribution in [1.82, 2.24) is 15.2 Å². The molecule has 2 heterocycles. The molecule has 2 aliphatic carbocycles. The number of amides is 1. The number of hydrogen-bond donors (Lipinski definition) is 1. The van der Waals surface area contributed by atoms with E-state index >= 15 is 0 Å². The van der Waals surface area contributed by atoms with Crippen molar-refractivity contribution in [3.8, 4) is 0 Å². The number of furan rings is 1. The highest BCUT2D eigenvalue weighted by Crippen LogP contribution is 2.47. The SMILES string of the molecule is CC1CC1c1ccc(CN(CC(=O)NC(c2ccccc2)c2nccs2)C2CC2)o1. The molecule has 0 bridgehead atoms. The standard InChI is InChI=1S/C24H27N3O2S/c1-16-13-20(16)21-10-9-19(29-21)14-27(18-7-8-18)15-22(28)26-23(24-25-11-12-30-24)17-5-3-2-4-6-17/h2-6,9-12,16,18,20,23H,7-8,13-15H2,1H3,(H,26,28). The van der Waals surface area contributed by atoms with Crippen LogP contribution in [0.5, 0.6) is 0 Å². The molecule has 3 unspecified atom stereocenters. The van der Waals surface area contributed by atoms with Crippen molar-refractivity contribution >= 4 is 17.2 Å². The molecule has 0 aliphatic heterocycles. The Morgan fingerprint density at radius 2 is 2.07 bits per heavy atom. The summed E-state index contributed by atoms with van der Waals surface area (Å²) >= 11 is 1.57. The van der Waals surface area contributed by atoms with Crippen molar-refractivity contribution in [1.29, 1.82) is 0 Å². The van der Waals surface area contributed by atoms with E-state index in [2.05, 4.69) is 34.3 Å². The van der Waals surface area contributed by atoms with Crippen LogP contribution in [0.3, 0.4) is 0 Å². The Balaban J connectivity index is 1.25. The van der Waals surface area contributed by atoms with Gasteiger partial charge in [-0.25, -0.2) is 4.98 Å². The van der Waals surface area contributed by atoms with Crippen LogP contribution in [0.1, 0.15) is 60.2 Å². The minimum Gasteiger partial charge on any atom is -0.464 e. The van der Waals surface area contributed by atoms with E-state index in [-0.39, 0.29) is 11.9 Å². The molecule has 1 amide bonds. The maximum Gasteiger partial charge on any atom is 0.235 e. The summed E-state index contributed by atoms with van der Waals surface area (Å²) in [5.74, 6) is 3.40. The van der Waals surface area contributed by atoms with E-state index in [1.165, 1.54) is 6.42 Å². The molecule has 0 radical (unpaired) electrons. The lowest BCUT2D eigenvalue weighted by Crippen LogP contribution is -2.39. The van der Waals surface area contributed by atoms with Crippen molar-refractivity contribution in [3.05, 3.63) is 76.1 Å². The Labute approximate surface area is 181 Å². The summed E-state index contributed by atoms with van der Waals surface area (Å²) in [6.45, 7) is 3.32. The van der Waals surface area contributed by atoms with E-state index in [0.29, 0.717) is 25.0 Å². The molecule has 2 aliphatic rings. The highest BCUT2D eigenvalue weighted by Gasteiger charge is 2.37. The van der Waals surface area contributed by atoms with Gasteiger partial charge in [-0.2, -0.15) is 0 Å². The second-order valence-electron chi connectivity index (χ2n) is 8.54. The Bertz CT molecular complexity index is 981. The number of carbonyl (C=O) groups excluding carboxylic acids is 1. The van der Waals surface area contributed by atoms with Crippen molar-refractivity contribution in [3.63, 3.8) is 0 Å². The number of thiazole rings is 1. The van der Waals surface area contributed by atoms with Gasteiger partial charge in [-0.15, -0.1) is 11.3 Å². The molecular weight excluding hydrogens is 394 g/mol. The third kappa shape index (κ3) is 4.50. The fourth-order valence-corrected chi connectivity index (χ4v) is 4.77. The second kappa shape index (κ2) is 8.36. The Kier molecular flexibility index (Phi) is 5.44. The average Bonchev–Trinajstić information content (AvgIpc) is 3.61. The predicted octanol–water partition coefficient (Wildman–Crippen LogP) is 4.73. The van der Waals surface area contributed by atoms with Gasteiger partial charge in [-0.1, -0.05) is 37.3 Å². The molecule has 30 heavy (non-hydrogen) atoms. The van der Waals surface area contributed by atoms with Crippen LogP contribution in [0.2, 0.25) is 0 Å². The minimum absolute atomic E-state index is 0.0218. The zero-order valence-electron chi connectivity index (χ0n) is 17.2. The van der Waals surface area contributed by atoms with Crippen LogP contribution in [0.4, 0.5) is 0 Å². The lowest BCUT2D eigenvalue weighted by atomic mass is 10.1. The molecular formula is C24H27N3O2S. The second-order valence-corrected chi connectivity index (χ2v) is 9.47. The molecule has 5 rings (SSSR count). The predicted molar refractivity (Wildman–Crippen MR) is 117 cm³/mol. The number of rotatable bonds is 9. The van der Waals surface area contributed by atoms with Gasteiger partial charge < -0.3 is 9.73 Å². The molecule has 6 heteroatoms. The van der Waals surface area contributed by atoms with Crippen LogP contribution in [-0.4, -0.2) is 28.4 Å². The number of carbonyl (C=O) groups is 1. The summed E-state index contributed by atoms with van der Waals surface area (Å²) in [5.41, 5.74) is 1.05. The van der Waals surface area contributed by atoms with Gasteiger partial charge >= 0.3 is 0 Å². The van der Waals surface area contributed by atoms with Crippen LogP contribution in [0, 0.1) is 5.92 Å². The third-order valence-electron chi connectivity index (χ3n) is 6.06. The van der Waals surface area contributed by atoms with Crippen molar-refractivity contribution < 1.29 is 9.21 Å². The van der Waals surface area contributed by atoms with Crippen molar-refractivity contribution in [2.45, 2.75) is 50.7 Å². The molecule has 156 valence electrons. The first-order valence-electron chi connectivity index (χ1n) is 10.7. The quantitative estimate of drug-likeness (QED) is 0.543.